The third-order valence-corrected chi connectivity index (χ3v) is 6.17. The van der Waals surface area contributed by atoms with E-state index < -0.39 is 0 Å². The van der Waals surface area contributed by atoms with Crippen LogP contribution in [-0.4, -0.2) is 29.7 Å². The Kier molecular flexibility index (Phi) is 5.73. The van der Waals surface area contributed by atoms with Crippen LogP contribution in [0.3, 0.4) is 0 Å². The molecule has 0 aliphatic heterocycles. The quantitative estimate of drug-likeness (QED) is 0.493. The van der Waals surface area contributed by atoms with Crippen LogP contribution in [0.2, 0.25) is 0 Å². The molecule has 4 aromatic rings. The minimum Gasteiger partial charge on any atom is -0.497 e. The van der Waals surface area contributed by atoms with Crippen molar-refractivity contribution in [1.29, 1.82) is 0 Å². The molecule has 2 aromatic heterocycles. The van der Waals surface area contributed by atoms with Crippen LogP contribution in [0.25, 0.3) is 10.2 Å². The number of nitrogens with one attached hydrogen (secondary N) is 1. The highest BCUT2D eigenvalue weighted by molar-refractivity contribution is 7.20. The molecule has 0 aliphatic rings. The number of amides is 1. The molecule has 0 spiro atoms. The molecular weight excluding hydrogens is 414 g/mol. The van der Waals surface area contributed by atoms with Crippen molar-refractivity contribution >= 4 is 33.1 Å². The number of nitrogens with zero attached hydrogens (tertiary/aromatic N) is 2. The maximum atomic E-state index is 13.1. The molecule has 0 bridgehead atoms. The van der Waals surface area contributed by atoms with E-state index in [9.17, 15) is 9.59 Å². The van der Waals surface area contributed by atoms with Crippen molar-refractivity contribution in [2.24, 2.45) is 0 Å². The zero-order chi connectivity index (χ0) is 22.0. The first-order valence-corrected chi connectivity index (χ1v) is 10.4. The van der Waals surface area contributed by atoms with E-state index in [0.717, 1.165) is 5.56 Å². The molecular formula is C23H21N3O4S. The monoisotopic (exact) mass is 435 g/mol. The summed E-state index contributed by atoms with van der Waals surface area (Å²) in [6.07, 6.45) is 1.53. The molecule has 1 N–H and O–H groups in total. The van der Waals surface area contributed by atoms with E-state index >= 15 is 0 Å². The summed E-state index contributed by atoms with van der Waals surface area (Å²) in [6.45, 7) is 2.19. The Morgan fingerprint density at radius 2 is 1.90 bits per heavy atom. The van der Waals surface area contributed by atoms with Gasteiger partial charge in [0.25, 0.3) is 11.5 Å². The van der Waals surface area contributed by atoms with Gasteiger partial charge in [0.2, 0.25) is 0 Å². The van der Waals surface area contributed by atoms with Gasteiger partial charge in [-0.15, -0.1) is 11.3 Å². The van der Waals surface area contributed by atoms with Crippen LogP contribution in [0.15, 0.2) is 59.7 Å². The number of methoxy groups -OCH3 is 2. The van der Waals surface area contributed by atoms with E-state index in [0.29, 0.717) is 44.4 Å². The molecule has 0 atom stereocenters. The maximum Gasteiger partial charge on any atom is 0.266 e. The zero-order valence-corrected chi connectivity index (χ0v) is 18.2. The number of fused-ring (bicyclic) bond motifs is 1. The maximum absolute atomic E-state index is 13.1. The van der Waals surface area contributed by atoms with Crippen LogP contribution in [0.1, 0.15) is 20.8 Å². The van der Waals surface area contributed by atoms with Crippen LogP contribution in [0, 0.1) is 6.92 Å². The van der Waals surface area contributed by atoms with E-state index in [1.54, 1.807) is 36.8 Å². The molecule has 0 unspecified atom stereocenters. The molecule has 158 valence electrons. The molecule has 31 heavy (non-hydrogen) atoms. The third-order valence-electron chi connectivity index (χ3n) is 4.98. The van der Waals surface area contributed by atoms with Crippen LogP contribution < -0.4 is 20.3 Å². The summed E-state index contributed by atoms with van der Waals surface area (Å²) in [5.74, 6) is 0.781. The minimum atomic E-state index is -0.321. The molecule has 0 aliphatic carbocycles. The molecule has 7 nitrogen and oxygen atoms in total. The predicted molar refractivity (Wildman–Crippen MR) is 122 cm³/mol. The predicted octanol–water partition coefficient (Wildman–Crippen LogP) is 4.08. The van der Waals surface area contributed by atoms with Crippen molar-refractivity contribution in [2.45, 2.75) is 13.5 Å². The fraction of sp³-hybridized carbons (Fsp3) is 0.174. The summed E-state index contributed by atoms with van der Waals surface area (Å²) in [5.41, 5.74) is 1.97. The Hall–Kier alpha value is -3.65. The van der Waals surface area contributed by atoms with Crippen LogP contribution in [0.4, 0.5) is 5.69 Å². The minimum absolute atomic E-state index is 0.163. The lowest BCUT2D eigenvalue weighted by Crippen LogP contribution is -2.21. The first-order chi connectivity index (χ1) is 15.0. The number of aromatic nitrogens is 2. The van der Waals surface area contributed by atoms with E-state index in [1.807, 2.05) is 30.3 Å². The zero-order valence-electron chi connectivity index (χ0n) is 17.3. The highest BCUT2D eigenvalue weighted by Gasteiger charge is 2.20. The van der Waals surface area contributed by atoms with Crippen molar-refractivity contribution in [3.8, 4) is 11.5 Å². The average molecular weight is 436 g/mol. The molecule has 4 rings (SSSR count). The number of hydrogen-bond donors (Lipinski definition) is 1. The normalized spacial score (nSPS) is 10.8. The number of benzene rings is 2. The van der Waals surface area contributed by atoms with Gasteiger partial charge >= 0.3 is 0 Å². The first-order valence-electron chi connectivity index (χ1n) is 9.57. The van der Waals surface area contributed by atoms with E-state index in [-0.39, 0.29) is 11.5 Å². The molecule has 0 fully saturated rings. The number of ether oxygens (including phenoxy) is 2. The van der Waals surface area contributed by atoms with Gasteiger partial charge in [-0.25, -0.2) is 4.98 Å². The van der Waals surface area contributed by atoms with Crippen LogP contribution in [-0.2, 0) is 6.54 Å². The highest BCUT2D eigenvalue weighted by atomic mass is 32.1. The lowest BCUT2D eigenvalue weighted by Gasteiger charge is -2.11. The Balaban J connectivity index is 1.67. The molecule has 1 amide bonds. The number of anilines is 1. The number of aryl methyl sites for hydroxylation is 1. The summed E-state index contributed by atoms with van der Waals surface area (Å²) < 4.78 is 12.1. The summed E-state index contributed by atoms with van der Waals surface area (Å²) in [4.78, 5) is 31.5. The fourth-order valence-electron chi connectivity index (χ4n) is 3.35. The molecule has 2 heterocycles. The van der Waals surface area contributed by atoms with Gasteiger partial charge in [0.1, 0.15) is 16.3 Å². The fourth-order valence-corrected chi connectivity index (χ4v) is 4.38. The lowest BCUT2D eigenvalue weighted by atomic mass is 10.2. The van der Waals surface area contributed by atoms with Crippen molar-refractivity contribution in [3.05, 3.63) is 81.2 Å². The van der Waals surface area contributed by atoms with Crippen LogP contribution >= 0.6 is 11.3 Å². The van der Waals surface area contributed by atoms with Crippen molar-refractivity contribution in [1.82, 2.24) is 9.55 Å². The van der Waals surface area contributed by atoms with Gasteiger partial charge < -0.3 is 14.8 Å². The molecule has 0 saturated carbocycles. The Labute approximate surface area is 182 Å². The van der Waals surface area contributed by atoms with Gasteiger partial charge in [0, 0.05) is 6.07 Å². The summed E-state index contributed by atoms with van der Waals surface area (Å²) in [7, 11) is 3.08. The largest absolute Gasteiger partial charge is 0.497 e. The molecule has 0 saturated heterocycles. The number of hydrogen-bond acceptors (Lipinski definition) is 6. The van der Waals surface area contributed by atoms with Gasteiger partial charge in [-0.05, 0) is 30.2 Å². The van der Waals surface area contributed by atoms with E-state index in [4.69, 9.17) is 9.47 Å². The van der Waals surface area contributed by atoms with Crippen molar-refractivity contribution in [2.75, 3.05) is 19.5 Å². The highest BCUT2D eigenvalue weighted by Crippen LogP contribution is 2.32. The van der Waals surface area contributed by atoms with Gasteiger partial charge in [-0.3, -0.25) is 14.2 Å². The second-order valence-corrected chi connectivity index (χ2v) is 7.92. The summed E-state index contributed by atoms with van der Waals surface area (Å²) in [6, 6.07) is 14.8. The topological polar surface area (TPSA) is 82.5 Å². The second kappa shape index (κ2) is 8.61. The molecule has 2 aromatic carbocycles. The SMILES string of the molecule is COc1ccc(NC(=O)c2sc3ncn(Cc4ccccc4)c(=O)c3c2C)c(OC)c1. The Morgan fingerprint density at radius 1 is 1.13 bits per heavy atom. The van der Waals surface area contributed by atoms with Gasteiger partial charge in [0.05, 0.1) is 43.0 Å². The van der Waals surface area contributed by atoms with Crippen molar-refractivity contribution in [3.63, 3.8) is 0 Å². The Bertz CT molecular complexity index is 1310. The number of rotatable bonds is 6. The van der Waals surface area contributed by atoms with Crippen LogP contribution in [0.5, 0.6) is 11.5 Å². The summed E-state index contributed by atoms with van der Waals surface area (Å²) in [5, 5.41) is 3.33. The van der Waals surface area contributed by atoms with Gasteiger partial charge in [-0.2, -0.15) is 0 Å². The van der Waals surface area contributed by atoms with Gasteiger partial charge in [0.15, 0.2) is 0 Å². The number of carbonyl (C=O) groups is 1. The Morgan fingerprint density at radius 3 is 2.61 bits per heavy atom. The third kappa shape index (κ3) is 4.02. The number of carbonyl (C=O) groups excluding carboxylic acids is 1. The van der Waals surface area contributed by atoms with Crippen molar-refractivity contribution < 1.29 is 14.3 Å². The smallest absolute Gasteiger partial charge is 0.266 e. The number of thiophene rings is 1. The standard InChI is InChI=1S/C23H21N3O4S/c1-14-19-22(24-13-26(23(19)28)12-15-7-5-4-6-8-15)31-20(14)21(27)25-17-10-9-16(29-2)11-18(17)30-3/h4-11,13H,12H2,1-3H3,(H,25,27). The average Bonchev–Trinajstić information content (AvgIpc) is 3.14. The van der Waals surface area contributed by atoms with E-state index in [1.165, 1.54) is 24.8 Å². The second-order valence-electron chi connectivity index (χ2n) is 6.92. The lowest BCUT2D eigenvalue weighted by molar-refractivity contribution is 0.102. The summed E-state index contributed by atoms with van der Waals surface area (Å²) >= 11 is 1.20. The van der Waals surface area contributed by atoms with E-state index in [2.05, 4.69) is 10.3 Å². The molecule has 0 radical (unpaired) electrons. The molecule has 8 heteroatoms. The first kappa shape index (κ1) is 20.6. The van der Waals surface area contributed by atoms with Gasteiger partial charge in [-0.1, -0.05) is 30.3 Å².